The predicted octanol–water partition coefficient (Wildman–Crippen LogP) is 10.0. The van der Waals surface area contributed by atoms with Gasteiger partial charge < -0.3 is 14.7 Å². The highest BCUT2D eigenvalue weighted by molar-refractivity contribution is 8.02. The fourth-order valence-electron chi connectivity index (χ4n) is 5.93. The molecule has 0 aliphatic carbocycles. The Bertz CT molecular complexity index is 1820. The average Bonchev–Trinajstić information content (AvgIpc) is 3.11. The third-order valence-electron chi connectivity index (χ3n) is 8.83. The van der Waals surface area contributed by atoms with E-state index in [9.17, 15) is 26.7 Å². The maximum absolute atomic E-state index is 14.6. The van der Waals surface area contributed by atoms with E-state index < -0.39 is 23.4 Å². The second kappa shape index (κ2) is 16.5. The first kappa shape index (κ1) is 36.9. The van der Waals surface area contributed by atoms with Crippen molar-refractivity contribution in [2.45, 2.75) is 38.7 Å². The van der Waals surface area contributed by atoms with Crippen LogP contribution in [0.1, 0.15) is 42.5 Å². The van der Waals surface area contributed by atoms with Crippen molar-refractivity contribution in [1.29, 1.82) is 0 Å². The van der Waals surface area contributed by atoms with Gasteiger partial charge in [-0.3, -0.25) is 4.79 Å². The van der Waals surface area contributed by atoms with E-state index in [1.807, 2.05) is 64.4 Å². The van der Waals surface area contributed by atoms with Crippen molar-refractivity contribution >= 4 is 28.9 Å². The molecule has 4 aromatic carbocycles. The smallest absolute Gasteiger partial charge is 0.337 e. The van der Waals surface area contributed by atoms with Gasteiger partial charge in [-0.1, -0.05) is 87.2 Å². The first-order valence-electron chi connectivity index (χ1n) is 16.6. The van der Waals surface area contributed by atoms with Crippen molar-refractivity contribution in [3.63, 3.8) is 0 Å². The molecule has 10 heteroatoms. The van der Waals surface area contributed by atoms with Gasteiger partial charge in [0.25, 0.3) is 0 Å². The number of hydrogen-bond donors (Lipinski definition) is 0. The maximum atomic E-state index is 14.6. The van der Waals surface area contributed by atoms with Crippen LogP contribution in [0.5, 0.6) is 0 Å². The van der Waals surface area contributed by atoms with Gasteiger partial charge in [0.15, 0.2) is 11.6 Å². The molecule has 1 heterocycles. The summed E-state index contributed by atoms with van der Waals surface area (Å²) in [6.45, 7) is 11.9. The van der Waals surface area contributed by atoms with E-state index in [0.717, 1.165) is 72.2 Å². The van der Waals surface area contributed by atoms with Crippen molar-refractivity contribution in [3.05, 3.63) is 143 Å². The second-order valence-corrected chi connectivity index (χ2v) is 13.1. The van der Waals surface area contributed by atoms with Gasteiger partial charge in [0.05, 0.1) is 10.6 Å². The van der Waals surface area contributed by atoms with Crippen molar-refractivity contribution in [1.82, 2.24) is 9.80 Å². The van der Waals surface area contributed by atoms with Crippen molar-refractivity contribution in [3.8, 4) is 11.1 Å². The number of nitrogens with zero attached hydrogens (tertiary/aromatic N) is 3. The number of halogens is 5. The van der Waals surface area contributed by atoms with Gasteiger partial charge in [-0.2, -0.15) is 13.2 Å². The zero-order chi connectivity index (χ0) is 35.8. The Balaban J connectivity index is 1.37. The van der Waals surface area contributed by atoms with Crippen LogP contribution < -0.4 is 4.90 Å². The summed E-state index contributed by atoms with van der Waals surface area (Å²) in [6, 6.07) is 24.3. The number of fused-ring (bicyclic) bond motifs is 1. The highest BCUT2D eigenvalue weighted by Gasteiger charge is 2.30. The summed E-state index contributed by atoms with van der Waals surface area (Å²) in [5.41, 5.74) is 4.30. The summed E-state index contributed by atoms with van der Waals surface area (Å²) >= 11 is 1.32. The number of benzene rings is 4. The molecule has 0 N–H and O–H groups in total. The lowest BCUT2D eigenvalue weighted by atomic mass is 10.0. The number of hydrogen-bond acceptors (Lipinski definition) is 4. The van der Waals surface area contributed by atoms with Crippen LogP contribution in [0.3, 0.4) is 0 Å². The van der Waals surface area contributed by atoms with Crippen LogP contribution in [0.2, 0.25) is 0 Å². The number of rotatable bonds is 14. The van der Waals surface area contributed by atoms with Gasteiger partial charge in [0, 0.05) is 35.7 Å². The average molecular weight is 706 g/mol. The van der Waals surface area contributed by atoms with Crippen LogP contribution in [0.25, 0.3) is 16.7 Å². The van der Waals surface area contributed by atoms with Crippen LogP contribution in [0.15, 0.2) is 109 Å². The van der Waals surface area contributed by atoms with Gasteiger partial charge >= 0.3 is 6.18 Å². The lowest BCUT2D eigenvalue weighted by Gasteiger charge is -2.34. The summed E-state index contributed by atoms with van der Waals surface area (Å²) in [5, 5.41) is 0.703. The number of anilines is 1. The summed E-state index contributed by atoms with van der Waals surface area (Å²) < 4.78 is 67.7. The minimum atomic E-state index is -4.40. The number of carbonyl (C=O) groups is 1. The van der Waals surface area contributed by atoms with Crippen LogP contribution >= 0.6 is 11.8 Å². The zero-order valence-corrected chi connectivity index (χ0v) is 29.0. The van der Waals surface area contributed by atoms with Gasteiger partial charge in [0.2, 0.25) is 5.91 Å². The Hall–Kier alpha value is -4.41. The molecule has 0 saturated heterocycles. The van der Waals surface area contributed by atoms with Gasteiger partial charge in [-0.25, -0.2) is 8.78 Å². The van der Waals surface area contributed by atoms with Crippen molar-refractivity contribution in [2.75, 3.05) is 37.6 Å². The van der Waals surface area contributed by atoms with E-state index >= 15 is 0 Å². The lowest BCUT2D eigenvalue weighted by molar-refractivity contribution is -0.137. The van der Waals surface area contributed by atoms with E-state index in [1.165, 1.54) is 30.0 Å². The monoisotopic (exact) mass is 705 g/mol. The van der Waals surface area contributed by atoms with E-state index in [-0.39, 0.29) is 23.8 Å². The minimum absolute atomic E-state index is 0.0175. The van der Waals surface area contributed by atoms with Gasteiger partial charge in [0.1, 0.15) is 6.54 Å². The first-order valence-corrected chi connectivity index (χ1v) is 17.6. The third kappa shape index (κ3) is 9.03. The van der Waals surface area contributed by atoms with E-state index in [1.54, 1.807) is 6.07 Å². The molecule has 50 heavy (non-hydrogen) atoms. The molecule has 0 unspecified atom stereocenters. The quantitative estimate of drug-likeness (QED) is 0.122. The second-order valence-electron chi connectivity index (χ2n) is 12.1. The van der Waals surface area contributed by atoms with Crippen LogP contribution in [-0.2, 0) is 23.3 Å². The van der Waals surface area contributed by atoms with Crippen LogP contribution in [0.4, 0.5) is 27.6 Å². The highest BCUT2D eigenvalue weighted by Crippen LogP contribution is 2.40. The Morgan fingerprint density at radius 3 is 2.16 bits per heavy atom. The fourth-order valence-corrected chi connectivity index (χ4v) is 7.00. The predicted molar refractivity (Wildman–Crippen MR) is 193 cm³/mol. The summed E-state index contributed by atoms with van der Waals surface area (Å²) in [6.07, 6.45) is -1.76. The van der Waals surface area contributed by atoms with Crippen molar-refractivity contribution < 1.29 is 26.7 Å². The molecule has 0 saturated carbocycles. The Kier molecular flexibility index (Phi) is 12.2. The molecule has 0 atom stereocenters. The fraction of sp³-hybridized carbons (Fsp3) is 0.275. The number of para-hydroxylation sites is 1. The van der Waals surface area contributed by atoms with E-state index in [0.29, 0.717) is 23.7 Å². The SMILES string of the molecule is C=C1C=C(SCc2cccc(F)c2F)N(CC(=O)N(CCCN(CC)CC)Cc2ccc(-c3ccc(C(F)(F)F)cc3)cc2)c2ccccc21. The molecule has 262 valence electrons. The van der Waals surface area contributed by atoms with E-state index in [4.69, 9.17) is 0 Å². The molecule has 0 bridgehead atoms. The normalized spacial score (nSPS) is 13.0. The van der Waals surface area contributed by atoms with E-state index in [2.05, 4.69) is 25.3 Å². The third-order valence-corrected chi connectivity index (χ3v) is 9.92. The molecule has 1 amide bonds. The standard InChI is InChI=1S/C40H40F5N3OS/c1-4-46(5-2)22-9-23-47(25-29-14-16-30(17-15-29)31-18-20-33(21-19-31)40(43,44)45)37(49)26-48-36-13-7-6-11-34(36)28(3)24-38(48)50-27-32-10-8-12-35(41)39(32)42/h6-8,10-21,24H,3-5,9,22-23,25-27H2,1-2H3. The molecule has 4 nitrogen and oxygen atoms in total. The highest BCUT2D eigenvalue weighted by atomic mass is 32.2. The largest absolute Gasteiger partial charge is 0.416 e. The molecular weight excluding hydrogens is 666 g/mol. The topological polar surface area (TPSA) is 26.8 Å². The summed E-state index contributed by atoms with van der Waals surface area (Å²) in [7, 11) is 0. The summed E-state index contributed by atoms with van der Waals surface area (Å²) in [5.74, 6) is -1.74. The molecule has 4 aromatic rings. The maximum Gasteiger partial charge on any atom is 0.416 e. The molecule has 0 spiro atoms. The number of carbonyl (C=O) groups excluding carboxylic acids is 1. The number of alkyl halides is 3. The molecular formula is C40H40F5N3OS. The number of allylic oxidation sites excluding steroid dienone is 2. The molecule has 1 aliphatic rings. The van der Waals surface area contributed by atoms with Crippen molar-refractivity contribution in [2.24, 2.45) is 0 Å². The zero-order valence-electron chi connectivity index (χ0n) is 28.1. The Morgan fingerprint density at radius 2 is 1.50 bits per heavy atom. The summed E-state index contributed by atoms with van der Waals surface area (Å²) in [4.78, 5) is 20.3. The van der Waals surface area contributed by atoms with Crippen LogP contribution in [0, 0.1) is 11.6 Å². The molecule has 0 fully saturated rings. The lowest BCUT2D eigenvalue weighted by Crippen LogP contribution is -2.41. The number of thioether (sulfide) groups is 1. The van der Waals surface area contributed by atoms with Crippen LogP contribution in [-0.4, -0.2) is 48.4 Å². The van der Waals surface area contributed by atoms with Gasteiger partial charge in [-0.05, 0) is 78.7 Å². The Labute approximate surface area is 294 Å². The minimum Gasteiger partial charge on any atom is -0.337 e. The molecule has 0 radical (unpaired) electrons. The first-order chi connectivity index (χ1) is 24.0. The Morgan fingerprint density at radius 1 is 0.840 bits per heavy atom. The van der Waals surface area contributed by atoms with Gasteiger partial charge in [-0.15, -0.1) is 11.8 Å². The molecule has 0 aromatic heterocycles. The molecule has 1 aliphatic heterocycles. The number of amides is 1. The molecule has 5 rings (SSSR count).